The van der Waals surface area contributed by atoms with Gasteiger partial charge in [0.15, 0.2) is 0 Å². The molecule has 2 rings (SSSR count). The summed E-state index contributed by atoms with van der Waals surface area (Å²) in [5, 5.41) is 7.37. The van der Waals surface area contributed by atoms with E-state index in [2.05, 4.69) is 33.0 Å². The lowest BCUT2D eigenvalue weighted by molar-refractivity contribution is 0.199. The summed E-state index contributed by atoms with van der Waals surface area (Å²) < 4.78 is 21.6. The largest absolute Gasteiger partial charge is 0.383 e. The third-order valence-corrected chi connectivity index (χ3v) is 3.23. The molecule has 0 aliphatic rings. The van der Waals surface area contributed by atoms with E-state index >= 15 is 0 Å². The maximum Gasteiger partial charge on any atom is 0.129 e. The SMILES string of the molecule is COCCNCc1c(F)cccc1-n1cc(I)cn1. The van der Waals surface area contributed by atoms with Gasteiger partial charge in [0, 0.05) is 32.0 Å². The molecule has 19 heavy (non-hydrogen) atoms. The molecule has 6 heteroatoms. The quantitative estimate of drug-likeness (QED) is 0.623. The first kappa shape index (κ1) is 14.4. The molecule has 0 spiro atoms. The summed E-state index contributed by atoms with van der Waals surface area (Å²) in [6.45, 7) is 1.73. The molecule has 1 aromatic heterocycles. The summed E-state index contributed by atoms with van der Waals surface area (Å²) in [4.78, 5) is 0. The minimum Gasteiger partial charge on any atom is -0.383 e. The van der Waals surface area contributed by atoms with Gasteiger partial charge >= 0.3 is 0 Å². The summed E-state index contributed by atoms with van der Waals surface area (Å²) in [6, 6.07) is 5.02. The summed E-state index contributed by atoms with van der Waals surface area (Å²) in [6.07, 6.45) is 3.61. The standard InChI is InChI=1S/C13H15FIN3O/c1-19-6-5-16-8-11-12(14)3-2-4-13(11)18-9-10(15)7-17-18/h2-4,7,9,16H,5-6,8H2,1H3. The summed E-state index contributed by atoms with van der Waals surface area (Å²) in [7, 11) is 1.64. The fraction of sp³-hybridized carbons (Fsp3) is 0.308. The van der Waals surface area contributed by atoms with E-state index in [1.54, 1.807) is 24.1 Å². The van der Waals surface area contributed by atoms with E-state index in [0.717, 1.165) is 9.26 Å². The van der Waals surface area contributed by atoms with Crippen LogP contribution in [-0.2, 0) is 11.3 Å². The minimum atomic E-state index is -0.229. The molecule has 0 saturated carbocycles. The fourth-order valence-corrected chi connectivity index (χ4v) is 2.15. The molecule has 4 nitrogen and oxygen atoms in total. The van der Waals surface area contributed by atoms with Crippen LogP contribution in [-0.4, -0.2) is 30.0 Å². The molecule has 0 radical (unpaired) electrons. The number of rotatable bonds is 6. The van der Waals surface area contributed by atoms with E-state index < -0.39 is 0 Å². The average molecular weight is 375 g/mol. The zero-order valence-electron chi connectivity index (χ0n) is 10.6. The van der Waals surface area contributed by atoms with Crippen LogP contribution in [0.15, 0.2) is 30.6 Å². The van der Waals surface area contributed by atoms with Crippen molar-refractivity contribution in [3.8, 4) is 5.69 Å². The number of nitrogens with one attached hydrogen (secondary N) is 1. The zero-order chi connectivity index (χ0) is 13.7. The van der Waals surface area contributed by atoms with Crippen LogP contribution >= 0.6 is 22.6 Å². The first-order valence-corrected chi connectivity index (χ1v) is 6.98. The van der Waals surface area contributed by atoms with Gasteiger partial charge in [-0.1, -0.05) is 6.07 Å². The van der Waals surface area contributed by atoms with Gasteiger partial charge in [0.05, 0.1) is 22.1 Å². The monoisotopic (exact) mass is 375 g/mol. The highest BCUT2D eigenvalue weighted by Gasteiger charge is 2.10. The molecule has 0 unspecified atom stereocenters. The molecule has 1 N–H and O–H groups in total. The van der Waals surface area contributed by atoms with Gasteiger partial charge in [0.2, 0.25) is 0 Å². The normalized spacial score (nSPS) is 10.9. The molecule has 1 aromatic carbocycles. The van der Waals surface area contributed by atoms with Gasteiger partial charge in [0.1, 0.15) is 5.82 Å². The van der Waals surface area contributed by atoms with Crippen molar-refractivity contribution in [2.75, 3.05) is 20.3 Å². The number of methoxy groups -OCH3 is 1. The molecule has 0 aliphatic carbocycles. The van der Waals surface area contributed by atoms with Gasteiger partial charge in [-0.3, -0.25) is 0 Å². The maximum atomic E-state index is 13.9. The number of benzene rings is 1. The number of halogens is 2. The van der Waals surface area contributed by atoms with Gasteiger partial charge in [-0.25, -0.2) is 9.07 Å². The number of ether oxygens (including phenoxy) is 1. The highest BCUT2D eigenvalue weighted by molar-refractivity contribution is 14.1. The van der Waals surface area contributed by atoms with Crippen LogP contribution in [0.2, 0.25) is 0 Å². The predicted molar refractivity (Wildman–Crippen MR) is 79.8 cm³/mol. The van der Waals surface area contributed by atoms with Crippen LogP contribution < -0.4 is 5.32 Å². The van der Waals surface area contributed by atoms with Gasteiger partial charge in [0.25, 0.3) is 0 Å². The second-order valence-electron chi connectivity index (χ2n) is 4.01. The molecule has 0 atom stereocenters. The van der Waals surface area contributed by atoms with Crippen LogP contribution in [0.1, 0.15) is 5.56 Å². The summed E-state index contributed by atoms with van der Waals surface area (Å²) in [5.74, 6) is -0.229. The smallest absolute Gasteiger partial charge is 0.129 e. The van der Waals surface area contributed by atoms with E-state index in [0.29, 0.717) is 25.3 Å². The summed E-state index contributed by atoms with van der Waals surface area (Å²) >= 11 is 2.18. The lowest BCUT2D eigenvalue weighted by Crippen LogP contribution is -2.20. The van der Waals surface area contributed by atoms with Gasteiger partial charge < -0.3 is 10.1 Å². The highest BCUT2D eigenvalue weighted by atomic mass is 127. The molecule has 102 valence electrons. The van der Waals surface area contributed by atoms with Gasteiger partial charge in [-0.2, -0.15) is 5.10 Å². The van der Waals surface area contributed by atoms with Crippen molar-refractivity contribution >= 4 is 22.6 Å². The lowest BCUT2D eigenvalue weighted by atomic mass is 10.1. The first-order chi connectivity index (χ1) is 9.22. The molecule has 0 amide bonds. The van der Waals surface area contributed by atoms with Crippen LogP contribution in [0.25, 0.3) is 5.69 Å². The van der Waals surface area contributed by atoms with E-state index in [1.807, 2.05) is 12.3 Å². The number of nitrogens with zero attached hydrogens (tertiary/aromatic N) is 2. The first-order valence-electron chi connectivity index (χ1n) is 5.90. The van der Waals surface area contributed by atoms with Crippen molar-refractivity contribution in [3.05, 3.63) is 45.5 Å². The number of hydrogen-bond acceptors (Lipinski definition) is 3. The second-order valence-corrected chi connectivity index (χ2v) is 5.26. The Labute approximate surface area is 125 Å². The van der Waals surface area contributed by atoms with Crippen molar-refractivity contribution in [2.45, 2.75) is 6.54 Å². The predicted octanol–water partition coefficient (Wildman–Crippen LogP) is 2.35. The highest BCUT2D eigenvalue weighted by Crippen LogP contribution is 2.18. The number of hydrogen-bond donors (Lipinski definition) is 1. The third kappa shape index (κ3) is 3.74. The van der Waals surface area contributed by atoms with Crippen LogP contribution in [0.3, 0.4) is 0 Å². The van der Waals surface area contributed by atoms with Crippen LogP contribution in [0.4, 0.5) is 4.39 Å². The Kier molecular flexibility index (Phi) is 5.29. The summed E-state index contributed by atoms with van der Waals surface area (Å²) in [5.41, 5.74) is 1.37. The van der Waals surface area contributed by atoms with Crippen LogP contribution in [0, 0.1) is 9.39 Å². The Bertz CT molecular complexity index is 544. The van der Waals surface area contributed by atoms with Crippen molar-refractivity contribution in [1.29, 1.82) is 0 Å². The second kappa shape index (κ2) is 6.97. The minimum absolute atomic E-state index is 0.229. The third-order valence-electron chi connectivity index (χ3n) is 2.68. The molecule has 1 heterocycles. The molecule has 2 aromatic rings. The average Bonchev–Trinajstić information content (AvgIpc) is 2.82. The Hall–Kier alpha value is -0.990. The molecular formula is C13H15FIN3O. The fourth-order valence-electron chi connectivity index (χ4n) is 1.76. The Balaban J connectivity index is 2.21. The topological polar surface area (TPSA) is 39.1 Å². The van der Waals surface area contributed by atoms with Crippen LogP contribution in [0.5, 0.6) is 0 Å². The van der Waals surface area contributed by atoms with E-state index in [4.69, 9.17) is 4.74 Å². The molecule has 0 aliphatic heterocycles. The molecule has 0 saturated heterocycles. The van der Waals surface area contributed by atoms with Gasteiger partial charge in [-0.05, 0) is 34.7 Å². The van der Waals surface area contributed by atoms with E-state index in [1.165, 1.54) is 6.07 Å². The molecular weight excluding hydrogens is 360 g/mol. The van der Waals surface area contributed by atoms with Crippen molar-refractivity contribution in [1.82, 2.24) is 15.1 Å². The van der Waals surface area contributed by atoms with Gasteiger partial charge in [-0.15, -0.1) is 0 Å². The molecule has 0 bridgehead atoms. The molecule has 0 fully saturated rings. The van der Waals surface area contributed by atoms with E-state index in [9.17, 15) is 4.39 Å². The zero-order valence-corrected chi connectivity index (χ0v) is 12.7. The Morgan fingerprint density at radius 2 is 2.32 bits per heavy atom. The van der Waals surface area contributed by atoms with Crippen molar-refractivity contribution < 1.29 is 9.13 Å². The Morgan fingerprint density at radius 1 is 1.47 bits per heavy atom. The van der Waals surface area contributed by atoms with Crippen molar-refractivity contribution in [2.24, 2.45) is 0 Å². The maximum absolute atomic E-state index is 13.9. The van der Waals surface area contributed by atoms with E-state index in [-0.39, 0.29) is 5.82 Å². The Morgan fingerprint density at radius 3 is 3.00 bits per heavy atom. The lowest BCUT2D eigenvalue weighted by Gasteiger charge is -2.11. The van der Waals surface area contributed by atoms with Crippen molar-refractivity contribution in [3.63, 3.8) is 0 Å². The number of aromatic nitrogens is 2.